The standard InChI is InChI=1S/C13H10ClF3N2O/c1-2-10-11(14)18-7-19-12(10)20-9-5-3-8(4-6-9)13(15,16)17/h3-7H,2H2,1H3. The van der Waals surface area contributed by atoms with Gasteiger partial charge in [0.05, 0.1) is 11.1 Å². The molecule has 0 amide bonds. The fourth-order valence-electron chi connectivity index (χ4n) is 1.58. The van der Waals surface area contributed by atoms with E-state index in [-0.39, 0.29) is 16.8 Å². The number of hydrogen-bond donors (Lipinski definition) is 0. The SMILES string of the molecule is CCc1c(Cl)ncnc1Oc1ccc(C(F)(F)F)cc1. The van der Waals surface area contributed by atoms with Gasteiger partial charge in [0.1, 0.15) is 17.2 Å². The Hall–Kier alpha value is -1.82. The highest BCUT2D eigenvalue weighted by Crippen LogP contribution is 2.32. The monoisotopic (exact) mass is 302 g/mol. The first-order chi connectivity index (χ1) is 9.41. The number of hydrogen-bond acceptors (Lipinski definition) is 3. The third kappa shape index (κ3) is 3.19. The zero-order valence-electron chi connectivity index (χ0n) is 10.4. The first-order valence-electron chi connectivity index (χ1n) is 5.76. The molecule has 7 heteroatoms. The second kappa shape index (κ2) is 5.66. The van der Waals surface area contributed by atoms with Gasteiger partial charge in [0.25, 0.3) is 0 Å². The van der Waals surface area contributed by atoms with Crippen LogP contribution in [0.25, 0.3) is 0 Å². The summed E-state index contributed by atoms with van der Waals surface area (Å²) in [5, 5.41) is 0.268. The van der Waals surface area contributed by atoms with Crippen molar-refractivity contribution in [1.82, 2.24) is 9.97 Å². The van der Waals surface area contributed by atoms with Gasteiger partial charge in [0.2, 0.25) is 5.88 Å². The topological polar surface area (TPSA) is 35.0 Å². The molecule has 0 N–H and O–H groups in total. The quantitative estimate of drug-likeness (QED) is 0.783. The molecule has 1 aromatic carbocycles. The van der Waals surface area contributed by atoms with Crippen molar-refractivity contribution in [3.63, 3.8) is 0 Å². The molecular formula is C13H10ClF3N2O. The van der Waals surface area contributed by atoms with Crippen molar-refractivity contribution < 1.29 is 17.9 Å². The van der Waals surface area contributed by atoms with Crippen LogP contribution in [-0.4, -0.2) is 9.97 Å². The zero-order chi connectivity index (χ0) is 14.8. The van der Waals surface area contributed by atoms with E-state index in [1.165, 1.54) is 18.5 Å². The van der Waals surface area contributed by atoms with E-state index >= 15 is 0 Å². The van der Waals surface area contributed by atoms with E-state index < -0.39 is 11.7 Å². The Bertz CT molecular complexity index is 600. The van der Waals surface area contributed by atoms with Crippen molar-refractivity contribution in [2.45, 2.75) is 19.5 Å². The van der Waals surface area contributed by atoms with Crippen LogP contribution in [0.1, 0.15) is 18.1 Å². The Morgan fingerprint density at radius 1 is 1.15 bits per heavy atom. The summed E-state index contributed by atoms with van der Waals surface area (Å²) in [4.78, 5) is 7.76. The lowest BCUT2D eigenvalue weighted by Crippen LogP contribution is -2.04. The molecule has 0 saturated heterocycles. The molecule has 3 nitrogen and oxygen atoms in total. The van der Waals surface area contributed by atoms with E-state index in [2.05, 4.69) is 9.97 Å². The lowest BCUT2D eigenvalue weighted by molar-refractivity contribution is -0.137. The molecule has 0 bridgehead atoms. The molecule has 0 aliphatic carbocycles. The molecule has 2 aromatic rings. The minimum absolute atomic E-state index is 0.243. The number of aromatic nitrogens is 2. The van der Waals surface area contributed by atoms with Gasteiger partial charge in [-0.1, -0.05) is 18.5 Å². The van der Waals surface area contributed by atoms with Crippen molar-refractivity contribution in [1.29, 1.82) is 0 Å². The first-order valence-corrected chi connectivity index (χ1v) is 6.14. The maximum atomic E-state index is 12.4. The molecule has 0 saturated carbocycles. The van der Waals surface area contributed by atoms with Gasteiger partial charge in [-0.05, 0) is 30.7 Å². The number of ether oxygens (including phenoxy) is 1. The lowest BCUT2D eigenvalue weighted by atomic mass is 10.2. The lowest BCUT2D eigenvalue weighted by Gasteiger charge is -2.10. The predicted molar refractivity (Wildman–Crippen MR) is 67.9 cm³/mol. The highest BCUT2D eigenvalue weighted by molar-refractivity contribution is 6.30. The number of benzene rings is 1. The maximum absolute atomic E-state index is 12.4. The molecule has 0 atom stereocenters. The molecule has 0 spiro atoms. The minimum Gasteiger partial charge on any atom is -0.439 e. The molecule has 0 aliphatic rings. The highest BCUT2D eigenvalue weighted by Gasteiger charge is 2.30. The Labute approximate surface area is 118 Å². The van der Waals surface area contributed by atoms with Crippen LogP contribution in [0.5, 0.6) is 11.6 Å². The largest absolute Gasteiger partial charge is 0.439 e. The van der Waals surface area contributed by atoms with E-state index in [1.54, 1.807) is 0 Å². The number of halogens is 4. The van der Waals surface area contributed by atoms with Crippen molar-refractivity contribution in [3.05, 3.63) is 46.9 Å². The molecule has 0 unspecified atom stereocenters. The van der Waals surface area contributed by atoms with Gasteiger partial charge in [-0.15, -0.1) is 0 Å². The van der Waals surface area contributed by atoms with Crippen LogP contribution >= 0.6 is 11.6 Å². The van der Waals surface area contributed by atoms with Crippen molar-refractivity contribution >= 4 is 11.6 Å². The molecule has 20 heavy (non-hydrogen) atoms. The smallest absolute Gasteiger partial charge is 0.416 e. The fraction of sp³-hybridized carbons (Fsp3) is 0.231. The van der Waals surface area contributed by atoms with E-state index in [4.69, 9.17) is 16.3 Å². The van der Waals surface area contributed by atoms with E-state index in [9.17, 15) is 13.2 Å². The van der Waals surface area contributed by atoms with Gasteiger partial charge in [-0.25, -0.2) is 9.97 Å². The summed E-state index contributed by atoms with van der Waals surface area (Å²) in [6.07, 6.45) is -2.58. The number of rotatable bonds is 3. The van der Waals surface area contributed by atoms with Crippen molar-refractivity contribution in [3.8, 4) is 11.6 Å². The molecule has 0 fully saturated rings. The second-order valence-corrected chi connectivity index (χ2v) is 4.28. The third-order valence-electron chi connectivity index (χ3n) is 2.60. The van der Waals surface area contributed by atoms with Gasteiger partial charge in [0, 0.05) is 0 Å². The van der Waals surface area contributed by atoms with Crippen LogP contribution in [0.4, 0.5) is 13.2 Å². The van der Waals surface area contributed by atoms with E-state index in [1.807, 2.05) is 6.92 Å². The van der Waals surface area contributed by atoms with Gasteiger partial charge in [0.15, 0.2) is 0 Å². The summed E-state index contributed by atoms with van der Waals surface area (Å²) >= 11 is 5.90. The zero-order valence-corrected chi connectivity index (χ0v) is 11.2. The predicted octanol–water partition coefficient (Wildman–Crippen LogP) is 4.50. The van der Waals surface area contributed by atoms with Gasteiger partial charge < -0.3 is 4.74 Å². The van der Waals surface area contributed by atoms with Crippen LogP contribution in [0.2, 0.25) is 5.15 Å². The molecule has 2 rings (SSSR count). The minimum atomic E-state index is -4.37. The van der Waals surface area contributed by atoms with Gasteiger partial charge in [-0.2, -0.15) is 13.2 Å². The van der Waals surface area contributed by atoms with Crippen LogP contribution < -0.4 is 4.74 Å². The Balaban J connectivity index is 2.25. The van der Waals surface area contributed by atoms with Crippen LogP contribution in [0, 0.1) is 0 Å². The normalized spacial score (nSPS) is 11.4. The molecule has 0 radical (unpaired) electrons. The molecule has 1 heterocycles. The third-order valence-corrected chi connectivity index (χ3v) is 2.93. The summed E-state index contributed by atoms with van der Waals surface area (Å²) in [5.41, 5.74) is -0.129. The molecule has 1 aromatic heterocycles. The molecule has 0 aliphatic heterocycles. The van der Waals surface area contributed by atoms with Crippen molar-refractivity contribution in [2.75, 3.05) is 0 Å². The molecular weight excluding hydrogens is 293 g/mol. The number of nitrogens with zero attached hydrogens (tertiary/aromatic N) is 2. The maximum Gasteiger partial charge on any atom is 0.416 e. The molecule has 106 valence electrons. The summed E-state index contributed by atoms with van der Waals surface area (Å²) in [5.74, 6) is 0.495. The van der Waals surface area contributed by atoms with E-state index in [0.717, 1.165) is 12.1 Å². The first kappa shape index (κ1) is 14.6. The summed E-state index contributed by atoms with van der Waals surface area (Å²) < 4.78 is 42.8. The van der Waals surface area contributed by atoms with Crippen LogP contribution in [0.15, 0.2) is 30.6 Å². The average Bonchev–Trinajstić information content (AvgIpc) is 2.38. The van der Waals surface area contributed by atoms with Crippen molar-refractivity contribution in [2.24, 2.45) is 0 Å². The summed E-state index contributed by atoms with van der Waals surface area (Å²) in [6, 6.07) is 4.37. The highest BCUT2D eigenvalue weighted by atomic mass is 35.5. The fourth-order valence-corrected chi connectivity index (χ4v) is 1.84. The summed E-state index contributed by atoms with van der Waals surface area (Å²) in [6.45, 7) is 1.85. The average molecular weight is 303 g/mol. The van der Waals surface area contributed by atoms with E-state index in [0.29, 0.717) is 12.0 Å². The summed E-state index contributed by atoms with van der Waals surface area (Å²) in [7, 11) is 0. The second-order valence-electron chi connectivity index (χ2n) is 3.93. The van der Waals surface area contributed by atoms with Gasteiger partial charge >= 0.3 is 6.18 Å². The van der Waals surface area contributed by atoms with Crippen LogP contribution in [0.3, 0.4) is 0 Å². The van der Waals surface area contributed by atoms with Crippen LogP contribution in [-0.2, 0) is 12.6 Å². The Morgan fingerprint density at radius 3 is 2.35 bits per heavy atom. The van der Waals surface area contributed by atoms with Gasteiger partial charge in [-0.3, -0.25) is 0 Å². The number of alkyl halides is 3. The Morgan fingerprint density at radius 2 is 1.80 bits per heavy atom. The Kier molecular flexibility index (Phi) is 4.13.